The third kappa shape index (κ3) is 3.21. The summed E-state index contributed by atoms with van der Waals surface area (Å²) in [5, 5.41) is 2.10. The maximum atomic E-state index is 11.8. The SMILES string of the molecule is CC(N)CC(C)S(=O)c1cccs1. The Morgan fingerprint density at radius 3 is 2.77 bits per heavy atom. The summed E-state index contributed by atoms with van der Waals surface area (Å²) in [6, 6.07) is 3.97. The molecule has 2 N–H and O–H groups in total. The van der Waals surface area contributed by atoms with Crippen molar-refractivity contribution in [2.75, 3.05) is 0 Å². The lowest BCUT2D eigenvalue weighted by atomic mass is 10.2. The number of rotatable bonds is 4. The van der Waals surface area contributed by atoms with E-state index in [0.717, 1.165) is 10.6 Å². The smallest absolute Gasteiger partial charge is 0.0913 e. The zero-order valence-corrected chi connectivity index (χ0v) is 9.53. The van der Waals surface area contributed by atoms with Crippen LogP contribution < -0.4 is 5.73 Å². The zero-order valence-electron chi connectivity index (χ0n) is 7.90. The molecule has 3 atom stereocenters. The monoisotopic (exact) mass is 217 g/mol. The highest BCUT2D eigenvalue weighted by Crippen LogP contribution is 2.19. The molecule has 4 heteroatoms. The fourth-order valence-electron chi connectivity index (χ4n) is 1.19. The maximum Gasteiger partial charge on any atom is 0.0913 e. The van der Waals surface area contributed by atoms with Crippen LogP contribution in [0.25, 0.3) is 0 Å². The van der Waals surface area contributed by atoms with Crippen molar-refractivity contribution < 1.29 is 4.21 Å². The van der Waals surface area contributed by atoms with E-state index in [2.05, 4.69) is 0 Å². The largest absolute Gasteiger partial charge is 0.328 e. The quantitative estimate of drug-likeness (QED) is 0.838. The van der Waals surface area contributed by atoms with Crippen LogP contribution in [0.15, 0.2) is 21.7 Å². The molecular formula is C9H15NOS2. The van der Waals surface area contributed by atoms with Gasteiger partial charge < -0.3 is 5.73 Å². The number of hydrogen-bond acceptors (Lipinski definition) is 3. The second-order valence-electron chi connectivity index (χ2n) is 3.25. The lowest BCUT2D eigenvalue weighted by molar-refractivity contribution is 0.629. The average Bonchev–Trinajstić information content (AvgIpc) is 2.53. The Kier molecular flexibility index (Phi) is 4.09. The third-order valence-electron chi connectivity index (χ3n) is 1.76. The van der Waals surface area contributed by atoms with Crippen molar-refractivity contribution in [3.8, 4) is 0 Å². The van der Waals surface area contributed by atoms with E-state index in [4.69, 9.17) is 5.73 Å². The molecule has 0 saturated heterocycles. The lowest BCUT2D eigenvalue weighted by Gasteiger charge is -2.12. The fourth-order valence-corrected chi connectivity index (χ4v) is 3.76. The molecule has 1 heterocycles. The summed E-state index contributed by atoms with van der Waals surface area (Å²) < 4.78 is 12.8. The van der Waals surface area contributed by atoms with E-state index in [1.165, 1.54) is 0 Å². The van der Waals surface area contributed by atoms with Gasteiger partial charge in [-0.05, 0) is 24.8 Å². The molecule has 1 aromatic rings. The van der Waals surface area contributed by atoms with Crippen LogP contribution in [-0.2, 0) is 10.8 Å². The summed E-state index contributed by atoms with van der Waals surface area (Å²) >= 11 is 1.55. The van der Waals surface area contributed by atoms with Gasteiger partial charge in [0.1, 0.15) is 0 Å². The van der Waals surface area contributed by atoms with Crippen LogP contribution in [0, 0.1) is 0 Å². The summed E-state index contributed by atoms with van der Waals surface area (Å²) in [6.45, 7) is 3.93. The van der Waals surface area contributed by atoms with E-state index >= 15 is 0 Å². The van der Waals surface area contributed by atoms with Crippen molar-refractivity contribution >= 4 is 22.1 Å². The topological polar surface area (TPSA) is 43.1 Å². The van der Waals surface area contributed by atoms with Gasteiger partial charge in [-0.25, -0.2) is 0 Å². The van der Waals surface area contributed by atoms with Gasteiger partial charge in [0.05, 0.1) is 15.0 Å². The van der Waals surface area contributed by atoms with Crippen LogP contribution in [0.2, 0.25) is 0 Å². The number of hydrogen-bond donors (Lipinski definition) is 1. The van der Waals surface area contributed by atoms with Crippen LogP contribution in [0.3, 0.4) is 0 Å². The Morgan fingerprint density at radius 1 is 1.62 bits per heavy atom. The molecule has 0 bridgehead atoms. The Labute approximate surface area is 85.6 Å². The molecule has 13 heavy (non-hydrogen) atoms. The van der Waals surface area contributed by atoms with Crippen molar-refractivity contribution in [1.29, 1.82) is 0 Å². The molecule has 0 aliphatic carbocycles. The standard InChI is InChI=1S/C9H15NOS2/c1-7(10)6-8(2)13(11)9-4-3-5-12-9/h3-5,7-8H,6,10H2,1-2H3. The molecule has 74 valence electrons. The van der Waals surface area contributed by atoms with Gasteiger partial charge in [0.2, 0.25) is 0 Å². The van der Waals surface area contributed by atoms with Crippen LogP contribution in [-0.4, -0.2) is 15.5 Å². The maximum absolute atomic E-state index is 11.8. The molecule has 1 aromatic heterocycles. The summed E-state index contributed by atoms with van der Waals surface area (Å²) in [5.74, 6) is 0. The minimum atomic E-state index is -0.879. The summed E-state index contributed by atoms with van der Waals surface area (Å²) in [5.41, 5.74) is 5.65. The lowest BCUT2D eigenvalue weighted by Crippen LogP contribution is -2.23. The Morgan fingerprint density at radius 2 is 2.31 bits per heavy atom. The van der Waals surface area contributed by atoms with E-state index in [1.54, 1.807) is 11.3 Å². The molecule has 0 radical (unpaired) electrons. The van der Waals surface area contributed by atoms with Crippen LogP contribution >= 0.6 is 11.3 Å². The van der Waals surface area contributed by atoms with Gasteiger partial charge in [0.15, 0.2) is 0 Å². The minimum Gasteiger partial charge on any atom is -0.328 e. The van der Waals surface area contributed by atoms with Gasteiger partial charge in [0.25, 0.3) is 0 Å². The Hall–Kier alpha value is -0.190. The summed E-state index contributed by atoms with van der Waals surface area (Å²) in [7, 11) is -0.879. The zero-order chi connectivity index (χ0) is 9.84. The molecule has 0 spiro atoms. The molecule has 0 aliphatic heterocycles. The Bertz CT molecular complexity index is 269. The first-order chi connectivity index (χ1) is 6.11. The molecule has 0 aliphatic rings. The number of nitrogens with two attached hydrogens (primary N) is 1. The summed E-state index contributed by atoms with van der Waals surface area (Å²) in [6.07, 6.45) is 0.810. The van der Waals surface area contributed by atoms with Crippen molar-refractivity contribution in [1.82, 2.24) is 0 Å². The Balaban J connectivity index is 2.58. The predicted molar refractivity (Wildman–Crippen MR) is 58.5 cm³/mol. The van der Waals surface area contributed by atoms with Gasteiger partial charge in [-0.15, -0.1) is 11.3 Å². The van der Waals surface area contributed by atoms with Crippen molar-refractivity contribution in [3.63, 3.8) is 0 Å². The third-order valence-corrected chi connectivity index (χ3v) is 4.66. The van der Waals surface area contributed by atoms with Crippen LogP contribution in [0.1, 0.15) is 20.3 Å². The van der Waals surface area contributed by atoms with E-state index in [1.807, 2.05) is 31.4 Å². The second-order valence-corrected chi connectivity index (χ2v) is 6.30. The predicted octanol–water partition coefficient (Wildman–Crippen LogP) is 1.98. The van der Waals surface area contributed by atoms with E-state index < -0.39 is 10.8 Å². The number of thiophene rings is 1. The van der Waals surface area contributed by atoms with Crippen LogP contribution in [0.4, 0.5) is 0 Å². The van der Waals surface area contributed by atoms with Gasteiger partial charge in [-0.3, -0.25) is 4.21 Å². The van der Waals surface area contributed by atoms with Crippen molar-refractivity contribution in [2.24, 2.45) is 5.73 Å². The summed E-state index contributed by atoms with van der Waals surface area (Å²) in [4.78, 5) is 0. The van der Waals surface area contributed by atoms with E-state index in [0.29, 0.717) is 0 Å². The molecule has 2 nitrogen and oxygen atoms in total. The van der Waals surface area contributed by atoms with Crippen molar-refractivity contribution in [3.05, 3.63) is 17.5 Å². The highest BCUT2D eigenvalue weighted by atomic mass is 32.2. The highest BCUT2D eigenvalue weighted by Gasteiger charge is 2.15. The normalized spacial score (nSPS) is 18.1. The second kappa shape index (κ2) is 4.88. The van der Waals surface area contributed by atoms with Gasteiger partial charge in [-0.1, -0.05) is 13.0 Å². The van der Waals surface area contributed by atoms with E-state index in [-0.39, 0.29) is 11.3 Å². The first kappa shape index (κ1) is 10.9. The molecular weight excluding hydrogens is 202 g/mol. The molecule has 0 saturated carbocycles. The van der Waals surface area contributed by atoms with Gasteiger partial charge in [-0.2, -0.15) is 0 Å². The van der Waals surface area contributed by atoms with Gasteiger partial charge in [0, 0.05) is 11.3 Å². The highest BCUT2D eigenvalue weighted by molar-refractivity contribution is 7.87. The molecule has 1 rings (SSSR count). The molecule has 0 amide bonds. The fraction of sp³-hybridized carbons (Fsp3) is 0.556. The first-order valence-corrected chi connectivity index (χ1v) is 6.40. The van der Waals surface area contributed by atoms with Crippen LogP contribution in [0.5, 0.6) is 0 Å². The van der Waals surface area contributed by atoms with Gasteiger partial charge >= 0.3 is 0 Å². The first-order valence-electron chi connectivity index (χ1n) is 4.31. The molecule has 0 aromatic carbocycles. The van der Waals surface area contributed by atoms with E-state index in [9.17, 15) is 4.21 Å². The average molecular weight is 217 g/mol. The minimum absolute atomic E-state index is 0.124. The molecule has 0 fully saturated rings. The van der Waals surface area contributed by atoms with Crippen molar-refractivity contribution in [2.45, 2.75) is 35.8 Å². The molecule has 3 unspecified atom stereocenters.